The molecule has 8 nitrogen and oxygen atoms in total. The number of amides is 1. The van der Waals surface area contributed by atoms with Crippen LogP contribution in [0, 0.1) is 0 Å². The van der Waals surface area contributed by atoms with E-state index in [2.05, 4.69) is 52.0 Å². The number of aromatic nitrogens is 2. The highest BCUT2D eigenvalue weighted by Crippen LogP contribution is 2.31. The van der Waals surface area contributed by atoms with Crippen molar-refractivity contribution in [2.45, 2.75) is 24.4 Å². The molecular formula is C29H26N4O4. The number of hydrogen-bond acceptors (Lipinski definition) is 7. The first-order valence-corrected chi connectivity index (χ1v) is 12.2. The molecule has 0 saturated carbocycles. The third kappa shape index (κ3) is 5.16. The zero-order chi connectivity index (χ0) is 25.0. The topological polar surface area (TPSA) is 94.6 Å². The molecule has 0 spiro atoms. The lowest BCUT2D eigenvalue weighted by atomic mass is 10.0. The predicted octanol–water partition coefficient (Wildman–Crippen LogP) is 5.01. The third-order valence-electron chi connectivity index (χ3n) is 6.54. The number of rotatable bonds is 6. The zero-order valence-electron chi connectivity index (χ0n) is 20.0. The Bertz CT molecular complexity index is 1350. The van der Waals surface area contributed by atoms with Crippen LogP contribution in [-0.2, 0) is 14.2 Å². The number of carbonyl (C=O) groups is 1. The maximum atomic E-state index is 12.3. The molecule has 2 aliphatic heterocycles. The van der Waals surface area contributed by atoms with Gasteiger partial charge in [-0.25, -0.2) is 14.8 Å². The van der Waals surface area contributed by atoms with E-state index < -0.39 is 12.2 Å². The summed E-state index contributed by atoms with van der Waals surface area (Å²) in [6.07, 6.45) is 0.0867. The average Bonchev–Trinajstić information content (AvgIpc) is 3.53. The van der Waals surface area contributed by atoms with Crippen LogP contribution in [0.15, 0.2) is 97.2 Å². The molecule has 3 heterocycles. The van der Waals surface area contributed by atoms with Crippen LogP contribution in [0.2, 0.25) is 0 Å². The van der Waals surface area contributed by atoms with Crippen LogP contribution in [0.3, 0.4) is 0 Å². The van der Waals surface area contributed by atoms with E-state index in [9.17, 15) is 4.79 Å². The number of nitrogens with one attached hydrogen (secondary N) is 2. The Labute approximate surface area is 214 Å². The number of carbonyl (C=O) groups excluding carboxylic acids is 1. The molecule has 0 bridgehead atoms. The minimum Gasteiger partial charge on any atom is -0.441 e. The fraction of sp³-hybridized carbons (Fsp3) is 0.207. The van der Waals surface area contributed by atoms with Crippen LogP contribution < -0.4 is 10.6 Å². The van der Waals surface area contributed by atoms with Gasteiger partial charge in [0.05, 0.1) is 24.9 Å². The molecule has 0 radical (unpaired) electrons. The zero-order valence-corrected chi connectivity index (χ0v) is 20.0. The molecule has 2 saturated heterocycles. The van der Waals surface area contributed by atoms with E-state index in [-0.39, 0.29) is 24.9 Å². The molecule has 1 amide bonds. The SMILES string of the molecule is O=C(Nc1ccccc1)OC1COC2C(Nc3nccc(-c4ccc(-c5ccccc5)cc4)n3)COC12. The molecule has 1 aromatic heterocycles. The number of fused-ring (bicyclic) bond motifs is 1. The lowest BCUT2D eigenvalue weighted by molar-refractivity contribution is 0.00917. The van der Waals surface area contributed by atoms with E-state index in [4.69, 9.17) is 19.2 Å². The van der Waals surface area contributed by atoms with Crippen molar-refractivity contribution in [2.75, 3.05) is 23.8 Å². The lowest BCUT2D eigenvalue weighted by Gasteiger charge is -2.18. The first-order valence-electron chi connectivity index (χ1n) is 12.2. The first-order chi connectivity index (χ1) is 18.2. The van der Waals surface area contributed by atoms with Gasteiger partial charge in [-0.15, -0.1) is 0 Å². The Morgan fingerprint density at radius 3 is 2.24 bits per heavy atom. The van der Waals surface area contributed by atoms with Crippen molar-refractivity contribution in [2.24, 2.45) is 0 Å². The van der Waals surface area contributed by atoms with Crippen LogP contribution in [0.25, 0.3) is 22.4 Å². The normalized spacial score (nSPS) is 22.3. The number of anilines is 2. The van der Waals surface area contributed by atoms with Crippen molar-refractivity contribution < 1.29 is 19.0 Å². The molecule has 4 unspecified atom stereocenters. The van der Waals surface area contributed by atoms with Gasteiger partial charge < -0.3 is 19.5 Å². The van der Waals surface area contributed by atoms with Crippen molar-refractivity contribution in [3.63, 3.8) is 0 Å². The van der Waals surface area contributed by atoms with Gasteiger partial charge in [-0.1, -0.05) is 72.8 Å². The third-order valence-corrected chi connectivity index (χ3v) is 6.54. The Kier molecular flexibility index (Phi) is 6.49. The maximum Gasteiger partial charge on any atom is 0.412 e. The van der Waals surface area contributed by atoms with Gasteiger partial charge in [0.25, 0.3) is 0 Å². The van der Waals surface area contributed by atoms with Gasteiger partial charge in [-0.2, -0.15) is 0 Å². The summed E-state index contributed by atoms with van der Waals surface area (Å²) in [7, 11) is 0. The Hall–Kier alpha value is -4.27. The summed E-state index contributed by atoms with van der Waals surface area (Å²) in [5.74, 6) is 0.494. The summed E-state index contributed by atoms with van der Waals surface area (Å²) >= 11 is 0. The van der Waals surface area contributed by atoms with E-state index >= 15 is 0 Å². The minimum atomic E-state index is -0.533. The molecule has 37 heavy (non-hydrogen) atoms. The van der Waals surface area contributed by atoms with E-state index in [1.807, 2.05) is 42.5 Å². The summed E-state index contributed by atoms with van der Waals surface area (Å²) in [6.45, 7) is 0.666. The first kappa shape index (κ1) is 23.1. The quantitative estimate of drug-likeness (QED) is 0.389. The summed E-state index contributed by atoms with van der Waals surface area (Å²) in [6, 6.07) is 29.5. The minimum absolute atomic E-state index is 0.161. The molecule has 2 aliphatic rings. The van der Waals surface area contributed by atoms with Crippen LogP contribution in [0.5, 0.6) is 0 Å². The van der Waals surface area contributed by atoms with Crippen molar-refractivity contribution >= 4 is 17.7 Å². The molecule has 2 N–H and O–H groups in total. The second-order valence-electron chi connectivity index (χ2n) is 8.99. The number of para-hydroxylation sites is 1. The fourth-order valence-corrected chi connectivity index (χ4v) is 4.71. The standard InChI is InChI=1S/C29H26N4O4/c34-29(31-22-9-5-2-6-10-22)37-25-18-36-26-24(17-35-27(25)26)33-28-30-16-15-23(32-28)21-13-11-20(12-14-21)19-7-3-1-4-8-19/h1-16,24-27H,17-18H2,(H,31,34)(H,30,32,33). The molecule has 4 aromatic rings. The number of benzene rings is 3. The fourth-order valence-electron chi connectivity index (χ4n) is 4.71. The molecule has 3 aromatic carbocycles. The molecule has 186 valence electrons. The molecule has 6 rings (SSSR count). The summed E-state index contributed by atoms with van der Waals surface area (Å²) in [4.78, 5) is 21.4. The summed E-state index contributed by atoms with van der Waals surface area (Å²) in [5.41, 5.74) is 4.81. The van der Waals surface area contributed by atoms with E-state index in [0.717, 1.165) is 16.8 Å². The molecule has 4 atom stereocenters. The maximum absolute atomic E-state index is 12.3. The molecule has 8 heteroatoms. The van der Waals surface area contributed by atoms with Gasteiger partial charge >= 0.3 is 6.09 Å². The van der Waals surface area contributed by atoms with Gasteiger partial charge in [0, 0.05) is 17.4 Å². The van der Waals surface area contributed by atoms with Crippen molar-refractivity contribution in [1.82, 2.24) is 9.97 Å². The largest absolute Gasteiger partial charge is 0.441 e. The molecule has 0 aliphatic carbocycles. The number of ether oxygens (including phenoxy) is 3. The molecule has 2 fully saturated rings. The van der Waals surface area contributed by atoms with Gasteiger partial charge in [0.1, 0.15) is 12.2 Å². The smallest absolute Gasteiger partial charge is 0.412 e. The van der Waals surface area contributed by atoms with Crippen molar-refractivity contribution in [1.29, 1.82) is 0 Å². The van der Waals surface area contributed by atoms with Gasteiger partial charge in [-0.05, 0) is 29.3 Å². The highest BCUT2D eigenvalue weighted by atomic mass is 16.6. The van der Waals surface area contributed by atoms with Crippen molar-refractivity contribution in [3.8, 4) is 22.4 Å². The monoisotopic (exact) mass is 494 g/mol. The molecular weight excluding hydrogens is 468 g/mol. The van der Waals surface area contributed by atoms with Crippen molar-refractivity contribution in [3.05, 3.63) is 97.2 Å². The van der Waals surface area contributed by atoms with Crippen LogP contribution >= 0.6 is 0 Å². The Morgan fingerprint density at radius 2 is 1.46 bits per heavy atom. The van der Waals surface area contributed by atoms with Crippen LogP contribution in [-0.4, -0.2) is 53.6 Å². The Balaban J connectivity index is 1.08. The van der Waals surface area contributed by atoms with E-state index in [1.165, 1.54) is 5.56 Å². The van der Waals surface area contributed by atoms with E-state index in [1.54, 1.807) is 18.3 Å². The van der Waals surface area contributed by atoms with Gasteiger partial charge in [0.15, 0.2) is 6.10 Å². The average molecular weight is 495 g/mol. The number of hydrogen-bond donors (Lipinski definition) is 2. The summed E-state index contributed by atoms with van der Waals surface area (Å²) in [5, 5.41) is 6.07. The second-order valence-corrected chi connectivity index (χ2v) is 8.99. The number of nitrogens with zero attached hydrogens (tertiary/aromatic N) is 2. The van der Waals surface area contributed by atoms with Crippen LogP contribution in [0.1, 0.15) is 0 Å². The van der Waals surface area contributed by atoms with Gasteiger partial charge in [-0.3, -0.25) is 5.32 Å². The van der Waals surface area contributed by atoms with E-state index in [0.29, 0.717) is 18.2 Å². The summed E-state index contributed by atoms with van der Waals surface area (Å²) < 4.78 is 17.5. The highest BCUT2D eigenvalue weighted by Gasteiger charge is 2.49. The lowest BCUT2D eigenvalue weighted by Crippen LogP contribution is -2.38. The Morgan fingerprint density at radius 1 is 0.784 bits per heavy atom. The van der Waals surface area contributed by atoms with Gasteiger partial charge in [0.2, 0.25) is 5.95 Å². The second kappa shape index (κ2) is 10.4. The highest BCUT2D eigenvalue weighted by molar-refractivity contribution is 5.84. The van der Waals surface area contributed by atoms with Crippen LogP contribution in [0.4, 0.5) is 16.4 Å². The predicted molar refractivity (Wildman–Crippen MR) is 140 cm³/mol.